The Morgan fingerprint density at radius 2 is 1.74 bits per heavy atom. The monoisotopic (exact) mass is 602 g/mol. The predicted octanol–water partition coefficient (Wildman–Crippen LogP) is 5.42. The fourth-order valence-corrected chi connectivity index (χ4v) is 5.43. The van der Waals surface area contributed by atoms with Crippen molar-refractivity contribution >= 4 is 40.2 Å². The largest absolute Gasteiger partial charge is 0.507 e. The molecule has 1 aliphatic rings. The molecule has 0 saturated carbocycles. The van der Waals surface area contributed by atoms with Gasteiger partial charge in [0.15, 0.2) is 0 Å². The van der Waals surface area contributed by atoms with Crippen LogP contribution in [0.15, 0.2) is 60.7 Å². The van der Waals surface area contributed by atoms with E-state index in [4.69, 9.17) is 11.6 Å². The molecule has 43 heavy (non-hydrogen) atoms. The Morgan fingerprint density at radius 1 is 0.930 bits per heavy atom. The molecule has 3 amide bonds. The van der Waals surface area contributed by atoms with Crippen LogP contribution in [0.3, 0.4) is 0 Å². The van der Waals surface area contributed by atoms with Gasteiger partial charge in [0, 0.05) is 54.3 Å². The maximum absolute atomic E-state index is 14.7. The van der Waals surface area contributed by atoms with Crippen molar-refractivity contribution in [1.29, 1.82) is 0 Å². The standard InChI is InChI=1S/C33H32ClFN4O4/c1-20-16-26(25-19-23(34)7-9-29(25)38-20)33(43)39-14-2-4-31(41)36-13-11-21-5-10-30(40)24(17-21)22-6-8-28(35)27(18-22)32(42)37-12-3-15-39/h5-10,16-19,40H,2-4,11-15H2,1H3,(H,36,41)(H,37,42). The van der Waals surface area contributed by atoms with E-state index in [1.165, 1.54) is 18.2 Å². The van der Waals surface area contributed by atoms with Crippen LogP contribution in [0.4, 0.5) is 4.39 Å². The molecule has 0 aliphatic carbocycles. The molecule has 4 aromatic rings. The van der Waals surface area contributed by atoms with Crippen molar-refractivity contribution < 1.29 is 23.9 Å². The maximum atomic E-state index is 14.7. The lowest BCUT2D eigenvalue weighted by Gasteiger charge is -2.24. The highest BCUT2D eigenvalue weighted by Gasteiger charge is 2.21. The van der Waals surface area contributed by atoms with E-state index >= 15 is 0 Å². The molecule has 4 bridgehead atoms. The number of phenols is 1. The van der Waals surface area contributed by atoms with Gasteiger partial charge < -0.3 is 20.6 Å². The van der Waals surface area contributed by atoms with Gasteiger partial charge in [0.1, 0.15) is 11.6 Å². The van der Waals surface area contributed by atoms with Crippen LogP contribution in [-0.2, 0) is 11.2 Å². The predicted molar refractivity (Wildman–Crippen MR) is 164 cm³/mol. The number of halogens is 2. The van der Waals surface area contributed by atoms with Crippen molar-refractivity contribution in [2.45, 2.75) is 32.6 Å². The van der Waals surface area contributed by atoms with Crippen LogP contribution >= 0.6 is 11.6 Å². The van der Waals surface area contributed by atoms with Crippen molar-refractivity contribution in [3.8, 4) is 16.9 Å². The van der Waals surface area contributed by atoms with Crippen LogP contribution < -0.4 is 10.6 Å². The smallest absolute Gasteiger partial charge is 0.254 e. The topological polar surface area (TPSA) is 112 Å². The fourth-order valence-electron chi connectivity index (χ4n) is 5.26. The molecule has 5 rings (SSSR count). The first kappa shape index (κ1) is 30.0. The van der Waals surface area contributed by atoms with Crippen molar-refractivity contribution in [3.63, 3.8) is 0 Å². The van der Waals surface area contributed by atoms with Crippen LogP contribution in [0.5, 0.6) is 5.75 Å². The maximum Gasteiger partial charge on any atom is 0.254 e. The number of hydrogen-bond donors (Lipinski definition) is 3. The number of pyridine rings is 1. The second kappa shape index (κ2) is 13.2. The minimum Gasteiger partial charge on any atom is -0.507 e. The highest BCUT2D eigenvalue weighted by Crippen LogP contribution is 2.31. The molecule has 0 atom stereocenters. The Bertz CT molecular complexity index is 1710. The zero-order chi connectivity index (χ0) is 30.5. The number of benzene rings is 3. The second-order valence-corrected chi connectivity index (χ2v) is 11.1. The molecule has 1 aromatic heterocycles. The number of rotatable bonds is 1. The lowest BCUT2D eigenvalue weighted by molar-refractivity contribution is -0.121. The first-order chi connectivity index (χ1) is 20.7. The normalized spacial score (nSPS) is 15.2. The molecule has 0 unspecified atom stereocenters. The molecule has 10 heteroatoms. The summed E-state index contributed by atoms with van der Waals surface area (Å²) in [7, 11) is 0. The number of phenolic OH excluding ortho intramolecular Hbond substituents is 1. The Morgan fingerprint density at radius 3 is 2.58 bits per heavy atom. The number of carbonyl (C=O) groups excluding carboxylic acids is 3. The van der Waals surface area contributed by atoms with Gasteiger partial charge in [-0.25, -0.2) is 4.39 Å². The number of hydrogen-bond acceptors (Lipinski definition) is 5. The summed E-state index contributed by atoms with van der Waals surface area (Å²) >= 11 is 6.24. The van der Waals surface area contributed by atoms with Crippen molar-refractivity contribution in [1.82, 2.24) is 20.5 Å². The summed E-state index contributed by atoms with van der Waals surface area (Å²) in [5, 5.41) is 17.3. The van der Waals surface area contributed by atoms with E-state index in [0.717, 1.165) is 5.56 Å². The van der Waals surface area contributed by atoms with Gasteiger partial charge in [0.2, 0.25) is 5.91 Å². The average molecular weight is 603 g/mol. The van der Waals surface area contributed by atoms with E-state index < -0.39 is 11.7 Å². The summed E-state index contributed by atoms with van der Waals surface area (Å²) < 4.78 is 14.7. The molecule has 1 aliphatic heterocycles. The minimum absolute atomic E-state index is 0.000781. The van der Waals surface area contributed by atoms with E-state index in [1.54, 1.807) is 47.4 Å². The van der Waals surface area contributed by atoms with Crippen molar-refractivity contribution in [2.24, 2.45) is 0 Å². The molecule has 3 N–H and O–H groups in total. The van der Waals surface area contributed by atoms with Crippen LogP contribution in [0.25, 0.3) is 22.0 Å². The number of amides is 3. The number of aromatic hydroxyl groups is 1. The second-order valence-electron chi connectivity index (χ2n) is 10.6. The van der Waals surface area contributed by atoms with E-state index in [0.29, 0.717) is 77.2 Å². The number of fused-ring (bicyclic) bond motifs is 6. The van der Waals surface area contributed by atoms with Gasteiger partial charge in [0.25, 0.3) is 11.8 Å². The molecular weight excluding hydrogens is 571 g/mol. The first-order valence-electron chi connectivity index (χ1n) is 14.2. The molecule has 0 fully saturated rings. The quantitative estimate of drug-likeness (QED) is 0.269. The molecule has 0 saturated heterocycles. The number of nitrogens with one attached hydrogen (secondary N) is 2. The highest BCUT2D eigenvalue weighted by atomic mass is 35.5. The van der Waals surface area contributed by atoms with Gasteiger partial charge in [-0.3, -0.25) is 19.4 Å². The third-order valence-electron chi connectivity index (χ3n) is 7.46. The molecule has 2 heterocycles. The van der Waals surface area contributed by atoms with E-state index in [2.05, 4.69) is 15.6 Å². The molecule has 0 radical (unpaired) electrons. The Hall–Kier alpha value is -4.50. The van der Waals surface area contributed by atoms with Gasteiger partial charge >= 0.3 is 0 Å². The summed E-state index contributed by atoms with van der Waals surface area (Å²) in [5.74, 6) is -1.63. The third-order valence-corrected chi connectivity index (χ3v) is 7.69. The van der Waals surface area contributed by atoms with E-state index in [1.807, 2.05) is 6.92 Å². The highest BCUT2D eigenvalue weighted by molar-refractivity contribution is 6.31. The molecule has 3 aromatic carbocycles. The molecule has 0 spiro atoms. The van der Waals surface area contributed by atoms with Gasteiger partial charge in [-0.1, -0.05) is 23.7 Å². The summed E-state index contributed by atoms with van der Waals surface area (Å²) in [6.07, 6.45) is 1.58. The van der Waals surface area contributed by atoms with E-state index in [9.17, 15) is 23.9 Å². The van der Waals surface area contributed by atoms with Crippen LogP contribution in [0, 0.1) is 12.7 Å². The molecule has 8 nitrogen and oxygen atoms in total. The lowest BCUT2D eigenvalue weighted by Crippen LogP contribution is -2.36. The summed E-state index contributed by atoms with van der Waals surface area (Å²) in [6, 6.07) is 16.1. The van der Waals surface area contributed by atoms with Crippen LogP contribution in [0.2, 0.25) is 5.02 Å². The number of carbonyl (C=O) groups is 3. The van der Waals surface area contributed by atoms with Gasteiger partial charge in [-0.05, 0) is 85.8 Å². The van der Waals surface area contributed by atoms with E-state index in [-0.39, 0.29) is 36.1 Å². The number of aryl methyl sites for hydroxylation is 1. The molecular formula is C33H32ClFN4O4. The van der Waals surface area contributed by atoms with Crippen molar-refractivity contribution in [3.05, 3.63) is 93.9 Å². The number of aromatic nitrogens is 1. The first-order valence-corrected chi connectivity index (χ1v) is 14.6. The van der Waals surface area contributed by atoms with Gasteiger partial charge in [-0.2, -0.15) is 0 Å². The Labute approximate surface area is 253 Å². The number of nitrogens with zero attached hydrogens (tertiary/aromatic N) is 2. The zero-order valence-electron chi connectivity index (χ0n) is 23.8. The SMILES string of the molecule is Cc1cc(C(=O)N2CCCNC(=O)c3cc(ccc3F)-c3cc(ccc3O)CCNC(=O)CCC2)c2cc(Cl)ccc2n1. The molecule has 222 valence electrons. The van der Waals surface area contributed by atoms with Crippen LogP contribution in [0.1, 0.15) is 51.2 Å². The zero-order valence-corrected chi connectivity index (χ0v) is 24.5. The summed E-state index contributed by atoms with van der Waals surface area (Å²) in [6.45, 7) is 3.01. The third kappa shape index (κ3) is 7.11. The van der Waals surface area contributed by atoms with Gasteiger partial charge in [-0.15, -0.1) is 0 Å². The summed E-state index contributed by atoms with van der Waals surface area (Å²) in [5.41, 5.74) is 3.47. The van der Waals surface area contributed by atoms with Gasteiger partial charge in [0.05, 0.1) is 16.6 Å². The Kier molecular flexibility index (Phi) is 9.21. The van der Waals surface area contributed by atoms with Crippen LogP contribution in [-0.4, -0.2) is 58.9 Å². The van der Waals surface area contributed by atoms with Crippen molar-refractivity contribution in [2.75, 3.05) is 26.2 Å². The lowest BCUT2D eigenvalue weighted by atomic mass is 9.98. The summed E-state index contributed by atoms with van der Waals surface area (Å²) in [4.78, 5) is 45.7. The minimum atomic E-state index is -0.680. The Balaban J connectivity index is 1.41. The average Bonchev–Trinajstić information content (AvgIpc) is 2.98. The fraction of sp³-hybridized carbons (Fsp3) is 0.273.